The summed E-state index contributed by atoms with van der Waals surface area (Å²) in [5.41, 5.74) is 8.45. The number of hydrogen-bond acceptors (Lipinski definition) is 3. The normalized spacial score (nSPS) is 27.1. The van der Waals surface area contributed by atoms with E-state index in [1.165, 1.54) is 11.1 Å². The summed E-state index contributed by atoms with van der Waals surface area (Å²) in [4.78, 5) is 2.52. The van der Waals surface area contributed by atoms with E-state index < -0.39 is 0 Å². The maximum atomic E-state index is 5.87. The van der Waals surface area contributed by atoms with Gasteiger partial charge in [-0.2, -0.15) is 0 Å². The monoisotopic (exact) mass is 247 g/mol. The summed E-state index contributed by atoms with van der Waals surface area (Å²) in [7, 11) is 0. The Morgan fingerprint density at radius 2 is 1.78 bits per heavy atom. The zero-order chi connectivity index (χ0) is 13.1. The molecule has 3 heteroatoms. The van der Waals surface area contributed by atoms with Crippen LogP contribution >= 0.6 is 0 Å². The van der Waals surface area contributed by atoms with Gasteiger partial charge in [0, 0.05) is 37.8 Å². The Labute approximate surface area is 110 Å². The molecule has 0 aliphatic carbocycles. The molecule has 1 aliphatic rings. The molecule has 2 unspecified atom stereocenters. The summed E-state index contributed by atoms with van der Waals surface area (Å²) in [5, 5.41) is 3.56. The quantitative estimate of drug-likeness (QED) is 0.857. The molecule has 3 nitrogen and oxygen atoms in total. The van der Waals surface area contributed by atoms with Gasteiger partial charge < -0.3 is 11.1 Å². The second-order valence-corrected chi connectivity index (χ2v) is 5.69. The number of nitrogens with zero attached hydrogens (tertiary/aromatic N) is 1. The molecule has 0 bridgehead atoms. The maximum absolute atomic E-state index is 5.87. The second-order valence-electron chi connectivity index (χ2n) is 5.69. The summed E-state index contributed by atoms with van der Waals surface area (Å²) in [6, 6.07) is 9.99. The number of rotatable bonds is 3. The molecule has 1 aromatic rings. The Morgan fingerprint density at radius 1 is 1.22 bits per heavy atom. The predicted octanol–water partition coefficient (Wildman–Crippen LogP) is 1.89. The van der Waals surface area contributed by atoms with Gasteiger partial charge in [-0.3, -0.25) is 4.90 Å². The first-order chi connectivity index (χ1) is 8.54. The summed E-state index contributed by atoms with van der Waals surface area (Å²) in [6.07, 6.45) is 0. The standard InChI is InChI=1S/C15H25N3/c1-11-8-18(9-12(2)17-11)10-14-4-6-15(7-5-14)13(3)16/h4-7,11-13,17H,8-10,16H2,1-3H3/t11?,12?,13-/m0/s1. The molecule has 1 saturated heterocycles. The van der Waals surface area contributed by atoms with Crippen molar-refractivity contribution in [3.8, 4) is 0 Å². The Bertz CT molecular complexity index is 362. The smallest absolute Gasteiger partial charge is 0.0266 e. The molecular formula is C15H25N3. The van der Waals surface area contributed by atoms with Gasteiger partial charge in [0.1, 0.15) is 0 Å². The Hall–Kier alpha value is -0.900. The van der Waals surface area contributed by atoms with E-state index in [1.54, 1.807) is 0 Å². The van der Waals surface area contributed by atoms with Crippen molar-refractivity contribution < 1.29 is 0 Å². The fourth-order valence-electron chi connectivity index (χ4n) is 2.75. The van der Waals surface area contributed by atoms with Crippen molar-refractivity contribution in [3.05, 3.63) is 35.4 Å². The summed E-state index contributed by atoms with van der Waals surface area (Å²) >= 11 is 0. The van der Waals surface area contributed by atoms with E-state index in [0.717, 1.165) is 19.6 Å². The average Bonchev–Trinajstić information content (AvgIpc) is 2.28. The predicted molar refractivity (Wildman–Crippen MR) is 76.4 cm³/mol. The highest BCUT2D eigenvalue weighted by molar-refractivity contribution is 5.24. The van der Waals surface area contributed by atoms with Crippen LogP contribution in [0.2, 0.25) is 0 Å². The van der Waals surface area contributed by atoms with Crippen molar-refractivity contribution in [2.75, 3.05) is 13.1 Å². The largest absolute Gasteiger partial charge is 0.324 e. The van der Waals surface area contributed by atoms with Crippen molar-refractivity contribution in [1.82, 2.24) is 10.2 Å². The summed E-state index contributed by atoms with van der Waals surface area (Å²) < 4.78 is 0. The fourth-order valence-corrected chi connectivity index (χ4v) is 2.75. The van der Waals surface area contributed by atoms with E-state index >= 15 is 0 Å². The van der Waals surface area contributed by atoms with Crippen molar-refractivity contribution >= 4 is 0 Å². The van der Waals surface area contributed by atoms with Crippen LogP contribution in [0, 0.1) is 0 Å². The molecule has 1 aliphatic heterocycles. The lowest BCUT2D eigenvalue weighted by Gasteiger charge is -2.36. The molecule has 100 valence electrons. The molecule has 2 rings (SSSR count). The van der Waals surface area contributed by atoms with E-state index in [2.05, 4.69) is 48.3 Å². The molecular weight excluding hydrogens is 222 g/mol. The van der Waals surface area contributed by atoms with Crippen LogP contribution in [0.1, 0.15) is 37.9 Å². The molecule has 0 saturated carbocycles. The van der Waals surface area contributed by atoms with Crippen LogP contribution in [0.15, 0.2) is 24.3 Å². The Morgan fingerprint density at radius 3 is 2.28 bits per heavy atom. The summed E-state index contributed by atoms with van der Waals surface area (Å²) in [6.45, 7) is 9.81. The average molecular weight is 247 g/mol. The topological polar surface area (TPSA) is 41.3 Å². The van der Waals surface area contributed by atoms with Crippen LogP contribution in [0.25, 0.3) is 0 Å². The molecule has 0 spiro atoms. The van der Waals surface area contributed by atoms with Crippen LogP contribution in [-0.4, -0.2) is 30.1 Å². The van der Waals surface area contributed by atoms with Gasteiger partial charge in [-0.1, -0.05) is 24.3 Å². The van der Waals surface area contributed by atoms with E-state index in [-0.39, 0.29) is 6.04 Å². The lowest BCUT2D eigenvalue weighted by molar-refractivity contribution is 0.166. The third-order valence-electron chi connectivity index (χ3n) is 3.54. The molecule has 1 aromatic carbocycles. The minimum Gasteiger partial charge on any atom is -0.324 e. The van der Waals surface area contributed by atoms with Crippen molar-refractivity contribution in [2.24, 2.45) is 5.73 Å². The van der Waals surface area contributed by atoms with Crippen molar-refractivity contribution in [3.63, 3.8) is 0 Å². The highest BCUT2D eigenvalue weighted by Crippen LogP contribution is 2.14. The van der Waals surface area contributed by atoms with Gasteiger partial charge in [-0.15, -0.1) is 0 Å². The molecule has 0 amide bonds. The van der Waals surface area contributed by atoms with Crippen molar-refractivity contribution in [1.29, 1.82) is 0 Å². The first-order valence-corrected chi connectivity index (χ1v) is 6.87. The SMILES string of the molecule is CC1CN(Cc2ccc([C@H](C)N)cc2)CC(C)N1. The van der Waals surface area contributed by atoms with E-state index in [1.807, 2.05) is 6.92 Å². The second kappa shape index (κ2) is 5.83. The number of nitrogens with one attached hydrogen (secondary N) is 1. The Balaban J connectivity index is 1.96. The third kappa shape index (κ3) is 3.55. The van der Waals surface area contributed by atoms with Gasteiger partial charge in [-0.25, -0.2) is 0 Å². The number of hydrogen-bond donors (Lipinski definition) is 2. The zero-order valence-electron chi connectivity index (χ0n) is 11.7. The lowest BCUT2D eigenvalue weighted by Crippen LogP contribution is -2.53. The summed E-state index contributed by atoms with van der Waals surface area (Å²) in [5.74, 6) is 0. The third-order valence-corrected chi connectivity index (χ3v) is 3.54. The molecule has 1 fully saturated rings. The van der Waals surface area contributed by atoms with E-state index in [4.69, 9.17) is 5.73 Å². The highest BCUT2D eigenvalue weighted by atomic mass is 15.2. The first-order valence-electron chi connectivity index (χ1n) is 6.87. The van der Waals surface area contributed by atoms with Gasteiger partial charge in [0.15, 0.2) is 0 Å². The molecule has 1 heterocycles. The van der Waals surface area contributed by atoms with Crippen LogP contribution in [0.3, 0.4) is 0 Å². The van der Waals surface area contributed by atoms with Crippen LogP contribution < -0.4 is 11.1 Å². The molecule has 0 aromatic heterocycles. The van der Waals surface area contributed by atoms with Gasteiger partial charge in [0.2, 0.25) is 0 Å². The van der Waals surface area contributed by atoms with Crippen molar-refractivity contribution in [2.45, 2.75) is 45.4 Å². The molecule has 3 N–H and O–H groups in total. The van der Waals surface area contributed by atoms with Gasteiger partial charge in [-0.05, 0) is 31.9 Å². The number of nitrogens with two attached hydrogens (primary N) is 1. The molecule has 0 radical (unpaired) electrons. The molecule has 18 heavy (non-hydrogen) atoms. The van der Waals surface area contributed by atoms with Crippen LogP contribution in [0.5, 0.6) is 0 Å². The Kier molecular flexibility index (Phi) is 4.38. The van der Waals surface area contributed by atoms with Crippen LogP contribution in [0.4, 0.5) is 0 Å². The van der Waals surface area contributed by atoms with Gasteiger partial charge >= 0.3 is 0 Å². The number of benzene rings is 1. The first kappa shape index (κ1) is 13.5. The van der Waals surface area contributed by atoms with E-state index in [9.17, 15) is 0 Å². The number of piperazine rings is 1. The van der Waals surface area contributed by atoms with Crippen LogP contribution in [-0.2, 0) is 6.54 Å². The zero-order valence-corrected chi connectivity index (χ0v) is 11.7. The van der Waals surface area contributed by atoms with E-state index in [0.29, 0.717) is 12.1 Å². The van der Waals surface area contributed by atoms with Gasteiger partial charge in [0.05, 0.1) is 0 Å². The maximum Gasteiger partial charge on any atom is 0.0266 e. The lowest BCUT2D eigenvalue weighted by atomic mass is 10.1. The van der Waals surface area contributed by atoms with Gasteiger partial charge in [0.25, 0.3) is 0 Å². The highest BCUT2D eigenvalue weighted by Gasteiger charge is 2.20. The fraction of sp³-hybridized carbons (Fsp3) is 0.600. The molecule has 3 atom stereocenters. The minimum absolute atomic E-state index is 0.123. The minimum atomic E-state index is 0.123.